The van der Waals surface area contributed by atoms with E-state index in [4.69, 9.17) is 28.4 Å². The number of pyridine rings is 1. The fraction of sp³-hybridized carbons (Fsp3) is 0.455. The number of alkyl carbamates (subject to hydrolysis) is 1. The summed E-state index contributed by atoms with van der Waals surface area (Å²) in [5, 5.41) is 12.0. The molecule has 0 unspecified atom stereocenters. The smallest absolute Gasteiger partial charge is 0.409 e. The number of nitrogens with one attached hydrogen (secondary N) is 4. The minimum absolute atomic E-state index is 0.0284. The van der Waals surface area contributed by atoms with Gasteiger partial charge in [-0.15, -0.1) is 17.9 Å². The second-order valence-electron chi connectivity index (χ2n) is 17.9. The maximum Gasteiger partial charge on any atom is 0.409 e. The minimum atomic E-state index is -4.68. The summed E-state index contributed by atoms with van der Waals surface area (Å²) in [6.45, 7) is 18.1. The molecule has 5 atom stereocenters. The Labute approximate surface area is 371 Å². The van der Waals surface area contributed by atoms with Crippen LogP contribution in [0.25, 0.3) is 22.3 Å². The first-order valence-corrected chi connectivity index (χ1v) is 22.7. The van der Waals surface area contributed by atoms with Gasteiger partial charge in [-0.3, -0.25) is 14.4 Å². The molecule has 4 aromatic rings. The fourth-order valence-corrected chi connectivity index (χ4v) is 8.86. The number of aromatic nitrogens is 2. The first kappa shape index (κ1) is 46.6. The molecule has 4 N–H and O–H groups in total. The maximum atomic E-state index is 14.8. The van der Waals surface area contributed by atoms with Crippen LogP contribution < -0.4 is 34.3 Å². The number of rotatable bonds is 15. The third kappa shape index (κ3) is 11.2. The molecule has 0 spiro atoms. The van der Waals surface area contributed by atoms with Gasteiger partial charge in [-0.05, 0) is 70.7 Å². The number of hydrogen-bond donors (Lipinski definition) is 4. The number of carbonyl (C=O) groups is 4. The highest BCUT2D eigenvalue weighted by Crippen LogP contribution is 2.45. The van der Waals surface area contributed by atoms with Gasteiger partial charge in [0, 0.05) is 41.3 Å². The number of methoxy groups -OCH3 is 1. The fourth-order valence-electron chi connectivity index (χ4n) is 7.20. The second-order valence-corrected chi connectivity index (χ2v) is 20.1. The number of amides is 4. The van der Waals surface area contributed by atoms with E-state index in [2.05, 4.69) is 22.5 Å². The van der Waals surface area contributed by atoms with Crippen molar-refractivity contribution in [3.05, 3.63) is 72.6 Å². The lowest BCUT2D eigenvalue weighted by atomic mass is 9.85. The number of benzene rings is 2. The van der Waals surface area contributed by atoms with Crippen LogP contribution in [0.4, 0.5) is 9.93 Å². The molecule has 0 bridgehead atoms. The summed E-state index contributed by atoms with van der Waals surface area (Å²) < 4.78 is 50.7. The van der Waals surface area contributed by atoms with Gasteiger partial charge in [-0.2, -0.15) is 8.42 Å². The van der Waals surface area contributed by atoms with E-state index < -0.39 is 74.8 Å². The lowest BCUT2D eigenvalue weighted by Crippen LogP contribution is -2.60. The van der Waals surface area contributed by atoms with Gasteiger partial charge < -0.3 is 39.2 Å². The lowest BCUT2D eigenvalue weighted by molar-refractivity contribution is -0.143. The van der Waals surface area contributed by atoms with E-state index in [0.29, 0.717) is 38.9 Å². The van der Waals surface area contributed by atoms with Gasteiger partial charge >= 0.3 is 16.4 Å². The summed E-state index contributed by atoms with van der Waals surface area (Å²) in [7, 11) is -3.13. The van der Waals surface area contributed by atoms with Crippen LogP contribution >= 0.6 is 11.3 Å². The number of para-hydroxylation sites is 1. The molecule has 2 aliphatic rings. The highest BCUT2D eigenvalue weighted by atomic mass is 32.2. The summed E-state index contributed by atoms with van der Waals surface area (Å²) in [6, 6.07) is 12.4. The Bertz CT molecular complexity index is 2480. The maximum absolute atomic E-state index is 14.8. The Morgan fingerprint density at radius 3 is 2.32 bits per heavy atom. The van der Waals surface area contributed by atoms with E-state index >= 15 is 0 Å². The molecule has 1 saturated carbocycles. The highest BCUT2D eigenvalue weighted by Gasteiger charge is 2.62. The van der Waals surface area contributed by atoms with Crippen molar-refractivity contribution < 1.29 is 46.0 Å². The average molecular weight is 906 g/mol. The zero-order valence-corrected chi connectivity index (χ0v) is 38.4. The quantitative estimate of drug-likeness (QED) is 0.101. The molecule has 1 aliphatic carbocycles. The standard InChI is InChI=1S/C44H55N7O10S2/c1-11-26-22-44(26,39(54)50-63(56,57)61-27-15-13-12-14-16-27)49-37(52)34-20-29(23-51(34)38(53)36(42(4,5)6)48-41(55)60-43(7,8)9)59-35-21-32(33-24-62-40(47-33)45-25(2)3)46-31-19-28(58-10)17-18-30(31)35/h11-19,21,24-26,29,34,36H,1,20,22-23H2,2-10H3,(H,45,47)(H,48,55)(H,49,52)(H,50,54)/t26-,29-,34+,36-,44-/m1/s1. The van der Waals surface area contributed by atoms with Crippen LogP contribution in [0, 0.1) is 11.3 Å². The van der Waals surface area contributed by atoms with Gasteiger partial charge in [-0.25, -0.2) is 19.5 Å². The predicted octanol–water partition coefficient (Wildman–Crippen LogP) is 5.98. The van der Waals surface area contributed by atoms with Crippen molar-refractivity contribution in [1.29, 1.82) is 0 Å². The molecule has 17 nitrogen and oxygen atoms in total. The van der Waals surface area contributed by atoms with Gasteiger partial charge in [-0.1, -0.05) is 45.0 Å². The SMILES string of the molecule is C=C[C@@H]1C[C@]1(NC(=O)[C@@H]1C[C@@H](Oc2cc(-c3csc(NC(C)C)n3)nc3cc(OC)ccc23)CN1C(=O)[C@@H](NC(=O)OC(C)(C)C)C(C)(C)C)C(=O)NS(=O)(=O)Oc1ccccc1. The zero-order chi connectivity index (χ0) is 46.1. The van der Waals surface area contributed by atoms with E-state index in [-0.39, 0.29) is 31.2 Å². The predicted molar refractivity (Wildman–Crippen MR) is 239 cm³/mol. The largest absolute Gasteiger partial charge is 0.497 e. The van der Waals surface area contributed by atoms with Crippen molar-refractivity contribution in [3.63, 3.8) is 0 Å². The van der Waals surface area contributed by atoms with Gasteiger partial charge in [0.05, 0.1) is 24.9 Å². The first-order valence-electron chi connectivity index (χ1n) is 20.4. The van der Waals surface area contributed by atoms with Crippen molar-refractivity contribution in [2.45, 2.75) is 104 Å². The topological polar surface area (TPSA) is 216 Å². The summed E-state index contributed by atoms with van der Waals surface area (Å²) in [4.78, 5) is 67.3. The van der Waals surface area contributed by atoms with Crippen LogP contribution in [0.1, 0.15) is 68.2 Å². The minimum Gasteiger partial charge on any atom is -0.497 e. The van der Waals surface area contributed by atoms with Crippen LogP contribution in [-0.4, -0.2) is 96.1 Å². The molecular formula is C44H55N7O10S2. The van der Waals surface area contributed by atoms with E-state index in [9.17, 15) is 27.6 Å². The van der Waals surface area contributed by atoms with E-state index in [1.54, 1.807) is 91.1 Å². The first-order chi connectivity index (χ1) is 29.5. The molecule has 3 heterocycles. The van der Waals surface area contributed by atoms with E-state index in [0.717, 1.165) is 0 Å². The third-order valence-corrected chi connectivity index (χ3v) is 11.9. The summed E-state index contributed by atoms with van der Waals surface area (Å²) in [6.07, 6.45) is -0.216. The third-order valence-electron chi connectivity index (χ3n) is 10.3. The van der Waals surface area contributed by atoms with Gasteiger partial charge in [0.1, 0.15) is 52.3 Å². The Morgan fingerprint density at radius 2 is 1.70 bits per heavy atom. The Balaban J connectivity index is 1.34. The summed E-state index contributed by atoms with van der Waals surface area (Å²) in [5.74, 6) is -2.12. The molecule has 1 aliphatic heterocycles. The van der Waals surface area contributed by atoms with Gasteiger partial charge in [0.25, 0.3) is 5.91 Å². The normalized spacial score (nSPS) is 20.3. The van der Waals surface area contributed by atoms with Gasteiger partial charge in [0.15, 0.2) is 5.13 Å². The molecule has 2 aromatic carbocycles. The van der Waals surface area contributed by atoms with Crippen LogP contribution in [-0.2, 0) is 29.4 Å². The van der Waals surface area contributed by atoms with E-state index in [1.807, 2.05) is 23.9 Å². The number of hydrogen-bond acceptors (Lipinski definition) is 14. The number of ether oxygens (including phenoxy) is 3. The second kappa shape index (κ2) is 18.0. The summed E-state index contributed by atoms with van der Waals surface area (Å²) in [5.41, 5.74) is -1.82. The molecule has 1 saturated heterocycles. The Hall–Kier alpha value is -5.95. The number of nitrogens with zero attached hydrogens (tertiary/aromatic N) is 3. The van der Waals surface area contributed by atoms with Gasteiger partial charge in [0.2, 0.25) is 11.8 Å². The van der Waals surface area contributed by atoms with Crippen LogP contribution in [0.3, 0.4) is 0 Å². The molecule has 2 fully saturated rings. The molecule has 63 heavy (non-hydrogen) atoms. The molecular weight excluding hydrogens is 851 g/mol. The summed E-state index contributed by atoms with van der Waals surface area (Å²) >= 11 is 1.43. The molecule has 4 amide bonds. The number of fused-ring (bicyclic) bond motifs is 1. The van der Waals surface area contributed by atoms with Crippen LogP contribution in [0.2, 0.25) is 0 Å². The van der Waals surface area contributed by atoms with Crippen molar-refractivity contribution >= 4 is 61.5 Å². The number of anilines is 1. The molecule has 0 radical (unpaired) electrons. The molecule has 19 heteroatoms. The zero-order valence-electron chi connectivity index (χ0n) is 36.8. The van der Waals surface area contributed by atoms with E-state index in [1.165, 1.54) is 34.4 Å². The van der Waals surface area contributed by atoms with Crippen molar-refractivity contribution in [3.8, 4) is 28.6 Å². The Kier molecular flexibility index (Phi) is 13.3. The number of carbonyl (C=O) groups excluding carboxylic acids is 4. The lowest BCUT2D eigenvalue weighted by Gasteiger charge is -2.36. The van der Waals surface area contributed by atoms with Crippen LogP contribution in [0.5, 0.6) is 17.2 Å². The Morgan fingerprint density at radius 1 is 0.984 bits per heavy atom. The molecule has 338 valence electrons. The molecule has 6 rings (SSSR count). The number of thiazole rings is 1. The molecule has 2 aromatic heterocycles. The van der Waals surface area contributed by atoms with Crippen molar-refractivity contribution in [1.82, 2.24) is 30.2 Å². The average Bonchev–Trinajstić information content (AvgIpc) is 3.45. The number of likely N-dealkylation sites (tertiary alicyclic amines) is 1. The highest BCUT2D eigenvalue weighted by molar-refractivity contribution is 7.85. The monoisotopic (exact) mass is 905 g/mol. The van der Waals surface area contributed by atoms with Crippen molar-refractivity contribution in [2.24, 2.45) is 11.3 Å². The van der Waals surface area contributed by atoms with Crippen LogP contribution in [0.15, 0.2) is 72.6 Å². The van der Waals surface area contributed by atoms with Crippen molar-refractivity contribution in [2.75, 3.05) is 19.0 Å².